The molecule has 1 saturated carbocycles. The molecule has 0 aliphatic heterocycles. The number of aryl methyl sites for hydroxylation is 2. The summed E-state index contributed by atoms with van der Waals surface area (Å²) in [5.41, 5.74) is -0.599. The Morgan fingerprint density at radius 2 is 1.69 bits per heavy atom. The van der Waals surface area contributed by atoms with Gasteiger partial charge in [-0.2, -0.15) is 0 Å². The summed E-state index contributed by atoms with van der Waals surface area (Å²) in [6, 6.07) is 4.40. The molecule has 1 aliphatic carbocycles. The zero-order valence-corrected chi connectivity index (χ0v) is 17.8. The van der Waals surface area contributed by atoms with Crippen LogP contribution in [0.4, 0.5) is 0 Å². The van der Waals surface area contributed by atoms with E-state index in [1.807, 2.05) is 0 Å². The molecule has 158 valence electrons. The van der Waals surface area contributed by atoms with Crippen LogP contribution < -0.4 is 16.4 Å². The fourth-order valence-electron chi connectivity index (χ4n) is 3.91. The van der Waals surface area contributed by atoms with Crippen molar-refractivity contribution in [3.63, 3.8) is 0 Å². The second-order valence-electron chi connectivity index (χ2n) is 7.88. The highest BCUT2D eigenvalue weighted by atomic mass is 32.2. The number of fused-ring (bicyclic) bond motifs is 1. The first-order chi connectivity index (χ1) is 13.6. The SMILES string of the molecule is C[C@@H]1CCCC[C@@H]1NC(=O)CCS(=O)(=O)c1ccc2c(c1)n(C)c(=O)c(=O)n2C. The Labute approximate surface area is 169 Å². The second-order valence-corrected chi connectivity index (χ2v) is 9.99. The molecule has 1 N–H and O–H groups in total. The van der Waals surface area contributed by atoms with Crippen LogP contribution in [0.5, 0.6) is 0 Å². The zero-order chi connectivity index (χ0) is 21.3. The smallest absolute Gasteiger partial charge is 0.316 e. The van der Waals surface area contributed by atoms with Gasteiger partial charge in [-0.25, -0.2) is 8.42 Å². The van der Waals surface area contributed by atoms with Gasteiger partial charge < -0.3 is 14.5 Å². The van der Waals surface area contributed by atoms with Gasteiger partial charge in [0, 0.05) is 26.6 Å². The number of hydrogen-bond acceptors (Lipinski definition) is 5. The molecule has 29 heavy (non-hydrogen) atoms. The summed E-state index contributed by atoms with van der Waals surface area (Å²) in [6.07, 6.45) is 4.12. The van der Waals surface area contributed by atoms with Crippen LogP contribution in [-0.4, -0.2) is 35.3 Å². The molecule has 0 saturated heterocycles. The summed E-state index contributed by atoms with van der Waals surface area (Å²) >= 11 is 0. The van der Waals surface area contributed by atoms with Gasteiger partial charge in [-0.1, -0.05) is 19.8 Å². The van der Waals surface area contributed by atoms with Crippen LogP contribution in [0.3, 0.4) is 0 Å². The lowest BCUT2D eigenvalue weighted by molar-refractivity contribution is -0.122. The summed E-state index contributed by atoms with van der Waals surface area (Å²) in [5.74, 6) is -0.175. The lowest BCUT2D eigenvalue weighted by Gasteiger charge is -2.29. The molecule has 1 heterocycles. The van der Waals surface area contributed by atoms with Crippen molar-refractivity contribution in [2.75, 3.05) is 5.75 Å². The van der Waals surface area contributed by atoms with E-state index in [2.05, 4.69) is 12.2 Å². The molecule has 2 atom stereocenters. The van der Waals surface area contributed by atoms with Crippen molar-refractivity contribution in [1.29, 1.82) is 0 Å². The van der Waals surface area contributed by atoms with E-state index in [0.29, 0.717) is 17.0 Å². The Bertz CT molecular complexity index is 1160. The number of amides is 1. The number of hydrogen-bond donors (Lipinski definition) is 1. The lowest BCUT2D eigenvalue weighted by atomic mass is 9.86. The van der Waals surface area contributed by atoms with Gasteiger partial charge in [-0.15, -0.1) is 0 Å². The van der Waals surface area contributed by atoms with Gasteiger partial charge in [-0.05, 0) is 37.0 Å². The molecular formula is C20H27N3O5S. The number of aromatic nitrogens is 2. The first-order valence-electron chi connectivity index (χ1n) is 9.83. The molecule has 0 bridgehead atoms. The second kappa shape index (κ2) is 8.14. The molecular weight excluding hydrogens is 394 g/mol. The van der Waals surface area contributed by atoms with Gasteiger partial charge in [-0.3, -0.25) is 14.4 Å². The largest absolute Gasteiger partial charge is 0.353 e. The molecule has 3 rings (SSSR count). The molecule has 9 heteroatoms. The molecule has 2 aromatic rings. The average molecular weight is 422 g/mol. The van der Waals surface area contributed by atoms with Crippen molar-refractivity contribution < 1.29 is 13.2 Å². The van der Waals surface area contributed by atoms with E-state index in [0.717, 1.165) is 30.3 Å². The highest BCUT2D eigenvalue weighted by molar-refractivity contribution is 7.91. The van der Waals surface area contributed by atoms with Crippen LogP contribution in [0, 0.1) is 5.92 Å². The van der Waals surface area contributed by atoms with E-state index in [9.17, 15) is 22.8 Å². The first-order valence-corrected chi connectivity index (χ1v) is 11.5. The first kappa shape index (κ1) is 21.3. The van der Waals surface area contributed by atoms with Gasteiger partial charge in [0.2, 0.25) is 5.91 Å². The number of carbonyl (C=O) groups excluding carboxylic acids is 1. The molecule has 1 fully saturated rings. The summed E-state index contributed by atoms with van der Waals surface area (Å²) in [4.78, 5) is 36.2. The van der Waals surface area contributed by atoms with Gasteiger partial charge in [0.25, 0.3) is 0 Å². The Morgan fingerprint density at radius 1 is 1.07 bits per heavy atom. The van der Waals surface area contributed by atoms with Crippen LogP contribution in [-0.2, 0) is 28.7 Å². The minimum atomic E-state index is -3.72. The van der Waals surface area contributed by atoms with E-state index < -0.39 is 21.0 Å². The van der Waals surface area contributed by atoms with E-state index >= 15 is 0 Å². The quantitative estimate of drug-likeness (QED) is 0.728. The maximum absolute atomic E-state index is 12.7. The number of rotatable bonds is 5. The van der Waals surface area contributed by atoms with Gasteiger partial charge >= 0.3 is 11.1 Å². The average Bonchev–Trinajstić information content (AvgIpc) is 2.70. The maximum Gasteiger partial charge on any atom is 0.316 e. The highest BCUT2D eigenvalue weighted by Gasteiger charge is 2.24. The topological polar surface area (TPSA) is 107 Å². The van der Waals surface area contributed by atoms with Gasteiger partial charge in [0.1, 0.15) is 0 Å². The van der Waals surface area contributed by atoms with Crippen LogP contribution in [0.1, 0.15) is 39.0 Å². The Hall–Kier alpha value is -2.42. The summed E-state index contributed by atoms with van der Waals surface area (Å²) in [5, 5.41) is 2.97. The Balaban J connectivity index is 1.79. The van der Waals surface area contributed by atoms with E-state index in [1.165, 1.54) is 36.9 Å². The molecule has 1 aromatic heterocycles. The number of carbonyl (C=O) groups is 1. The zero-order valence-electron chi connectivity index (χ0n) is 17.0. The van der Waals surface area contributed by atoms with Crippen molar-refractivity contribution in [2.24, 2.45) is 20.0 Å². The van der Waals surface area contributed by atoms with Crippen molar-refractivity contribution in [1.82, 2.24) is 14.5 Å². The van der Waals surface area contributed by atoms with Crippen LogP contribution >= 0.6 is 0 Å². The minimum Gasteiger partial charge on any atom is -0.353 e. The number of benzene rings is 1. The third-order valence-electron chi connectivity index (χ3n) is 5.88. The fourth-order valence-corrected chi connectivity index (χ4v) is 5.17. The van der Waals surface area contributed by atoms with Crippen LogP contribution in [0.2, 0.25) is 0 Å². The number of nitrogens with zero attached hydrogens (tertiary/aromatic N) is 2. The predicted molar refractivity (Wildman–Crippen MR) is 111 cm³/mol. The number of sulfone groups is 1. The van der Waals surface area contributed by atoms with Crippen LogP contribution in [0.25, 0.3) is 11.0 Å². The maximum atomic E-state index is 12.7. The van der Waals surface area contributed by atoms with Crippen LogP contribution in [0.15, 0.2) is 32.7 Å². The molecule has 0 unspecified atom stereocenters. The highest BCUT2D eigenvalue weighted by Crippen LogP contribution is 2.24. The van der Waals surface area contributed by atoms with Crippen molar-refractivity contribution in [2.45, 2.75) is 50.0 Å². The standard InChI is InChI=1S/C20H27N3O5S/c1-13-6-4-5-7-15(13)21-18(24)10-11-29(27,28)14-8-9-16-17(12-14)23(3)20(26)19(25)22(16)2/h8-9,12-13,15H,4-7,10-11H2,1-3H3,(H,21,24)/t13-,15+/m1/s1. The fraction of sp³-hybridized carbons (Fsp3) is 0.550. The minimum absolute atomic E-state index is 0.0254. The molecule has 0 radical (unpaired) electrons. The molecule has 1 aromatic carbocycles. The molecule has 0 spiro atoms. The predicted octanol–water partition coefficient (Wildman–Crippen LogP) is 1.10. The van der Waals surface area contributed by atoms with E-state index in [1.54, 1.807) is 0 Å². The summed E-state index contributed by atoms with van der Waals surface area (Å²) in [7, 11) is -0.816. The monoisotopic (exact) mass is 421 g/mol. The Kier molecular flexibility index (Phi) is 5.97. The van der Waals surface area contributed by atoms with E-state index in [-0.39, 0.29) is 29.0 Å². The Morgan fingerprint density at radius 3 is 2.34 bits per heavy atom. The van der Waals surface area contributed by atoms with Crippen molar-refractivity contribution in [3.05, 3.63) is 38.9 Å². The summed E-state index contributed by atoms with van der Waals surface area (Å²) in [6.45, 7) is 2.10. The molecule has 1 aliphatic rings. The lowest BCUT2D eigenvalue weighted by Crippen LogP contribution is -2.41. The van der Waals surface area contributed by atoms with Gasteiger partial charge in [0.05, 0.1) is 21.7 Å². The third kappa shape index (κ3) is 4.29. The van der Waals surface area contributed by atoms with Gasteiger partial charge in [0.15, 0.2) is 9.84 Å². The molecule has 1 amide bonds. The normalized spacial score (nSPS) is 20.0. The van der Waals surface area contributed by atoms with E-state index in [4.69, 9.17) is 0 Å². The van der Waals surface area contributed by atoms with Crippen molar-refractivity contribution in [3.8, 4) is 0 Å². The summed E-state index contributed by atoms with van der Waals surface area (Å²) < 4.78 is 27.8. The number of nitrogens with one attached hydrogen (secondary N) is 1. The molecule has 8 nitrogen and oxygen atoms in total. The third-order valence-corrected chi connectivity index (χ3v) is 7.59. The van der Waals surface area contributed by atoms with Crippen molar-refractivity contribution >= 4 is 26.8 Å².